The lowest BCUT2D eigenvalue weighted by Crippen LogP contribution is -2.22. The number of rotatable bonds is 6. The molecule has 4 nitrogen and oxygen atoms in total. The van der Waals surface area contributed by atoms with Crippen molar-refractivity contribution in [3.8, 4) is 17.6 Å². The zero-order valence-electron chi connectivity index (χ0n) is 14.4. The fourth-order valence-corrected chi connectivity index (χ4v) is 2.92. The predicted molar refractivity (Wildman–Crippen MR) is 91.7 cm³/mol. The minimum atomic E-state index is -0.265. The first-order valence-corrected chi connectivity index (χ1v) is 9.05. The minimum Gasteiger partial charge on any atom is -0.491 e. The second-order valence-corrected chi connectivity index (χ2v) is 6.33. The highest BCUT2D eigenvalue weighted by atomic mass is 19.1. The van der Waals surface area contributed by atoms with Crippen LogP contribution >= 0.6 is 0 Å². The van der Waals surface area contributed by atoms with Gasteiger partial charge in [0.05, 0.1) is 12.7 Å². The van der Waals surface area contributed by atoms with E-state index in [1.54, 1.807) is 12.1 Å². The zero-order valence-corrected chi connectivity index (χ0v) is 14.4. The molecule has 0 bridgehead atoms. The van der Waals surface area contributed by atoms with Gasteiger partial charge < -0.3 is 18.9 Å². The number of hydrogen-bond donors (Lipinski definition) is 0. The smallest absolute Gasteiger partial charge is 0.157 e. The summed E-state index contributed by atoms with van der Waals surface area (Å²) in [5, 5.41) is 0. The predicted octanol–water partition coefficient (Wildman–Crippen LogP) is 3.69. The van der Waals surface area contributed by atoms with Crippen molar-refractivity contribution in [3.63, 3.8) is 0 Å². The molecule has 2 aliphatic rings. The number of halogens is 1. The van der Waals surface area contributed by atoms with Crippen LogP contribution in [0.1, 0.15) is 38.5 Å². The molecule has 5 heteroatoms. The molecule has 2 fully saturated rings. The molecule has 1 aromatic rings. The van der Waals surface area contributed by atoms with Gasteiger partial charge in [0.2, 0.25) is 0 Å². The van der Waals surface area contributed by atoms with Gasteiger partial charge in [-0.3, -0.25) is 0 Å². The molecule has 0 spiro atoms. The van der Waals surface area contributed by atoms with E-state index in [4.69, 9.17) is 18.9 Å². The average molecular weight is 348 g/mol. The van der Waals surface area contributed by atoms with E-state index in [2.05, 4.69) is 11.8 Å². The van der Waals surface area contributed by atoms with Crippen molar-refractivity contribution >= 4 is 0 Å². The van der Waals surface area contributed by atoms with E-state index in [-0.39, 0.29) is 24.3 Å². The first-order valence-electron chi connectivity index (χ1n) is 9.05. The first kappa shape index (κ1) is 18.2. The van der Waals surface area contributed by atoms with Crippen molar-refractivity contribution in [1.29, 1.82) is 0 Å². The Bertz CT molecular complexity index is 572. The lowest BCUT2D eigenvalue weighted by Gasteiger charge is -2.22. The summed E-state index contributed by atoms with van der Waals surface area (Å²) in [4.78, 5) is 0. The third-order valence-corrected chi connectivity index (χ3v) is 4.29. The molecule has 0 aromatic heterocycles. The molecule has 25 heavy (non-hydrogen) atoms. The highest BCUT2D eigenvalue weighted by Gasteiger charge is 2.24. The van der Waals surface area contributed by atoms with Gasteiger partial charge in [0.1, 0.15) is 24.3 Å². The number of ether oxygens (including phenoxy) is 4. The van der Waals surface area contributed by atoms with Crippen molar-refractivity contribution in [2.75, 3.05) is 19.8 Å². The molecular formula is C20H25FO4. The summed E-state index contributed by atoms with van der Waals surface area (Å²) in [6, 6.07) is 6.02. The largest absolute Gasteiger partial charge is 0.491 e. The summed E-state index contributed by atoms with van der Waals surface area (Å²) in [5.41, 5.74) is 0. The van der Waals surface area contributed by atoms with Gasteiger partial charge in [0.25, 0.3) is 0 Å². The van der Waals surface area contributed by atoms with Crippen LogP contribution in [0.4, 0.5) is 4.39 Å². The van der Waals surface area contributed by atoms with Crippen LogP contribution in [-0.2, 0) is 14.2 Å². The van der Waals surface area contributed by atoms with Crippen LogP contribution in [0.2, 0.25) is 0 Å². The molecule has 0 aliphatic carbocycles. The molecule has 2 aliphatic heterocycles. The van der Waals surface area contributed by atoms with Gasteiger partial charge in [0.15, 0.2) is 6.29 Å². The molecule has 3 rings (SSSR count). The van der Waals surface area contributed by atoms with Crippen LogP contribution < -0.4 is 4.74 Å². The van der Waals surface area contributed by atoms with E-state index in [1.165, 1.54) is 18.6 Å². The zero-order chi connectivity index (χ0) is 17.3. The van der Waals surface area contributed by atoms with Crippen molar-refractivity contribution < 1.29 is 23.3 Å². The molecular weight excluding hydrogens is 323 g/mol. The van der Waals surface area contributed by atoms with Gasteiger partial charge >= 0.3 is 0 Å². The summed E-state index contributed by atoms with van der Waals surface area (Å²) in [6.45, 7) is 1.86. The van der Waals surface area contributed by atoms with Crippen LogP contribution in [0, 0.1) is 17.7 Å². The monoisotopic (exact) mass is 348 g/mol. The molecule has 1 aromatic carbocycles. The molecule has 0 N–H and O–H groups in total. The molecule has 0 radical (unpaired) electrons. The van der Waals surface area contributed by atoms with E-state index in [0.29, 0.717) is 25.4 Å². The van der Waals surface area contributed by atoms with Crippen molar-refractivity contribution in [2.45, 2.75) is 57.0 Å². The van der Waals surface area contributed by atoms with Crippen LogP contribution in [-0.4, -0.2) is 38.3 Å². The van der Waals surface area contributed by atoms with Gasteiger partial charge in [-0.25, -0.2) is 4.39 Å². The molecule has 0 amide bonds. The third-order valence-electron chi connectivity index (χ3n) is 4.29. The second kappa shape index (κ2) is 9.76. The third kappa shape index (κ3) is 6.32. The minimum absolute atomic E-state index is 0.0345. The Morgan fingerprint density at radius 1 is 1.12 bits per heavy atom. The van der Waals surface area contributed by atoms with Crippen LogP contribution in [0.5, 0.6) is 5.75 Å². The molecule has 0 saturated carbocycles. The maximum absolute atomic E-state index is 12.8. The highest BCUT2D eigenvalue weighted by molar-refractivity contribution is 5.22. The van der Waals surface area contributed by atoms with Crippen LogP contribution in [0.25, 0.3) is 0 Å². The van der Waals surface area contributed by atoms with Crippen molar-refractivity contribution in [1.82, 2.24) is 0 Å². The van der Waals surface area contributed by atoms with Crippen LogP contribution in [0.3, 0.4) is 0 Å². The average Bonchev–Trinajstić information content (AvgIpc) is 3.10. The SMILES string of the molecule is Fc1ccc(OC[C@@H]2CC[C@@H](C#CCCOC3CCCCO3)O2)cc1. The lowest BCUT2D eigenvalue weighted by atomic mass is 10.2. The van der Waals surface area contributed by atoms with Gasteiger partial charge in [-0.1, -0.05) is 11.8 Å². The Hall–Kier alpha value is -1.61. The van der Waals surface area contributed by atoms with Crippen molar-refractivity contribution in [2.24, 2.45) is 0 Å². The van der Waals surface area contributed by atoms with Crippen LogP contribution in [0.15, 0.2) is 24.3 Å². The van der Waals surface area contributed by atoms with Gasteiger partial charge in [0, 0.05) is 13.0 Å². The molecule has 1 unspecified atom stereocenters. The maximum atomic E-state index is 12.8. The van der Waals surface area contributed by atoms with E-state index < -0.39 is 0 Å². The standard InChI is InChI=1S/C20H25FO4/c21-16-7-9-17(10-8-16)24-15-19-12-11-18(25-19)5-1-3-13-22-20-6-2-4-14-23-20/h7-10,18-20H,2-4,6,11-15H2/t18-,19+,20?/m1/s1. The number of benzene rings is 1. The summed E-state index contributed by atoms with van der Waals surface area (Å²) >= 11 is 0. The summed E-state index contributed by atoms with van der Waals surface area (Å²) in [5.74, 6) is 6.68. The van der Waals surface area contributed by atoms with E-state index in [9.17, 15) is 4.39 Å². The fraction of sp³-hybridized carbons (Fsp3) is 0.600. The van der Waals surface area contributed by atoms with E-state index in [0.717, 1.165) is 32.3 Å². The topological polar surface area (TPSA) is 36.9 Å². The van der Waals surface area contributed by atoms with E-state index in [1.807, 2.05) is 0 Å². The van der Waals surface area contributed by atoms with Gasteiger partial charge in [-0.05, 0) is 56.4 Å². The Labute approximate surface area is 148 Å². The Morgan fingerprint density at radius 2 is 2.00 bits per heavy atom. The summed E-state index contributed by atoms with van der Waals surface area (Å²) in [6.07, 6.45) is 5.77. The molecule has 2 saturated heterocycles. The molecule has 136 valence electrons. The Morgan fingerprint density at radius 3 is 2.80 bits per heavy atom. The van der Waals surface area contributed by atoms with E-state index >= 15 is 0 Å². The lowest BCUT2D eigenvalue weighted by molar-refractivity contribution is -0.161. The fourth-order valence-electron chi connectivity index (χ4n) is 2.92. The highest BCUT2D eigenvalue weighted by Crippen LogP contribution is 2.21. The summed E-state index contributed by atoms with van der Waals surface area (Å²) < 4.78 is 35.5. The molecule has 2 heterocycles. The number of hydrogen-bond acceptors (Lipinski definition) is 4. The van der Waals surface area contributed by atoms with Gasteiger partial charge in [-0.2, -0.15) is 0 Å². The first-order chi connectivity index (χ1) is 12.3. The second-order valence-electron chi connectivity index (χ2n) is 6.33. The maximum Gasteiger partial charge on any atom is 0.157 e. The Balaban J connectivity index is 1.29. The quantitative estimate of drug-likeness (QED) is 0.580. The van der Waals surface area contributed by atoms with Gasteiger partial charge in [-0.15, -0.1) is 0 Å². The normalized spacial score (nSPS) is 26.0. The molecule has 3 atom stereocenters. The van der Waals surface area contributed by atoms with Crippen molar-refractivity contribution in [3.05, 3.63) is 30.1 Å². The summed E-state index contributed by atoms with van der Waals surface area (Å²) in [7, 11) is 0. The Kier molecular flexibility index (Phi) is 7.10.